The highest BCUT2D eigenvalue weighted by atomic mass is 32.3. The first-order chi connectivity index (χ1) is 47.8. The summed E-state index contributed by atoms with van der Waals surface area (Å²) in [6.07, 6.45) is 14.6. The second-order valence-electron chi connectivity index (χ2n) is 26.1. The summed E-state index contributed by atoms with van der Waals surface area (Å²) in [5.74, 6) is -7.00. The van der Waals surface area contributed by atoms with Gasteiger partial charge in [0, 0.05) is 48.2 Å². The van der Waals surface area contributed by atoms with E-state index in [0.717, 1.165) is 68.0 Å². The van der Waals surface area contributed by atoms with Crippen LogP contribution >= 0.6 is 0 Å². The van der Waals surface area contributed by atoms with Gasteiger partial charge in [0.1, 0.15) is 39.2 Å². The maximum absolute atomic E-state index is 14.5. The predicted molar refractivity (Wildman–Crippen MR) is 339 cm³/mol. The van der Waals surface area contributed by atoms with Crippen molar-refractivity contribution in [3.05, 3.63) is 92.8 Å². The van der Waals surface area contributed by atoms with Crippen LogP contribution in [-0.2, 0) is 66.8 Å². The molecule has 4 aliphatic rings. The molecule has 0 bridgehead atoms. The summed E-state index contributed by atoms with van der Waals surface area (Å²) in [6.45, 7) is 10.7. The zero-order chi connectivity index (χ0) is 74.1. The van der Waals surface area contributed by atoms with Crippen molar-refractivity contribution in [2.45, 2.75) is 124 Å². The number of benzene rings is 4. The number of rotatable bonds is 33. The van der Waals surface area contributed by atoms with Gasteiger partial charge in [-0.1, -0.05) is 65.5 Å². The van der Waals surface area contributed by atoms with Crippen LogP contribution in [0.25, 0.3) is 44.6 Å². The highest BCUT2D eigenvalue weighted by Crippen LogP contribution is 2.67. The average molecular weight is 1530 g/mol. The quantitative estimate of drug-likeness (QED) is 0.0104. The van der Waals surface area contributed by atoms with Crippen LogP contribution in [0.5, 0.6) is 57.5 Å². The first kappa shape index (κ1) is 77.0. The third-order valence-electron chi connectivity index (χ3n) is 19.4. The van der Waals surface area contributed by atoms with Crippen molar-refractivity contribution in [1.29, 1.82) is 0 Å². The third-order valence-corrected chi connectivity index (χ3v) is 21.3. The monoisotopic (exact) mass is 1530 g/mol. The molecule has 4 aliphatic carbocycles. The van der Waals surface area contributed by atoms with Gasteiger partial charge in [-0.05, 0) is 134 Å². The van der Waals surface area contributed by atoms with Crippen molar-refractivity contribution in [1.82, 2.24) is 0 Å². The Bertz CT molecular complexity index is 4880. The van der Waals surface area contributed by atoms with E-state index in [2.05, 4.69) is 81.5 Å². The summed E-state index contributed by atoms with van der Waals surface area (Å²) in [5.41, 5.74) is -3.84. The lowest BCUT2D eigenvalue weighted by molar-refractivity contribution is -0.778. The number of hydrogen-bond acceptors (Lipinski definition) is 34. The van der Waals surface area contributed by atoms with Crippen molar-refractivity contribution >= 4 is 73.9 Å². The van der Waals surface area contributed by atoms with Gasteiger partial charge in [0.05, 0.1) is 32.5 Å². The van der Waals surface area contributed by atoms with Crippen LogP contribution < -0.4 is 66.3 Å². The van der Waals surface area contributed by atoms with Gasteiger partial charge >= 0.3 is 0 Å². The normalized spacial score (nSPS) is 21.9. The molecular formula is C63H67O34S5-7. The maximum atomic E-state index is 14.5. The van der Waals surface area contributed by atoms with Gasteiger partial charge in [0.25, 0.3) is 52.0 Å². The van der Waals surface area contributed by atoms with Gasteiger partial charge in [-0.15, -0.1) is 0 Å². The number of hydrogen-bond donors (Lipinski definition) is 0. The van der Waals surface area contributed by atoms with E-state index in [-0.39, 0.29) is 36.7 Å². The summed E-state index contributed by atoms with van der Waals surface area (Å²) in [4.78, 5) is 37.5. The largest absolute Gasteiger partial charge is 0.716 e. The molecule has 3 saturated carbocycles. The molecule has 8 atom stereocenters. The van der Waals surface area contributed by atoms with E-state index in [1.807, 2.05) is 0 Å². The van der Waals surface area contributed by atoms with Crippen LogP contribution in [0.4, 0.5) is 0 Å². The lowest BCUT2D eigenvalue weighted by Gasteiger charge is -2.58. The summed E-state index contributed by atoms with van der Waals surface area (Å²) >= 11 is 0. The second kappa shape index (κ2) is 30.6. The molecule has 39 heteroatoms. The van der Waals surface area contributed by atoms with E-state index < -0.39 is 179 Å². The van der Waals surface area contributed by atoms with E-state index in [1.165, 1.54) is 50.5 Å². The molecule has 34 nitrogen and oxygen atoms in total. The minimum Gasteiger partial charge on any atom is -0.716 e. The van der Waals surface area contributed by atoms with Crippen molar-refractivity contribution in [2.75, 3.05) is 26.4 Å². The molecule has 10 rings (SSSR count). The Labute approximate surface area is 584 Å². The Morgan fingerprint density at radius 3 is 1.60 bits per heavy atom. The van der Waals surface area contributed by atoms with E-state index in [9.17, 15) is 85.0 Å². The standard InChI is InChI=1S/C63H74O34S5/c1-34(2)9-6-10-35(3)43-15-16-44-42-14-13-38-29-39(19-21-62(38,4)45(42)20-22-63(43,44)5)83-23-7-24-84-48-27-36(12-18-47(48)92-99(71,72)73)58-60(94-101(77,78)79)56(64)54-50(30-40(89-96-66)31-52(54)87-58)85-25-8-26-86-51-32-41(91-98(68,69)70)33-53-55(51)57(65)61(95-102(80,81)82)59(88-53)37-11-17-46(90-97-67)49(28-37)93-100(74,75)76/h11-13,17-18,27-28,30-35,39,42-45,66-67H,6-10,14-16,19-26,29H2,1-5H3,(H,68,69,70)(H,71,72,73)(H,74,75,76)(H,77,78,79)(H,80,81,82)/p-7/t35-,39?,42+,43-,44+,45+,62+,63-/m1/s1. The highest BCUT2D eigenvalue weighted by Gasteiger charge is 2.59. The highest BCUT2D eigenvalue weighted by molar-refractivity contribution is 7.82. The SMILES string of the molecule is CC(C)CCC[C@@H](C)[C@H]1CC[C@H]2[C@@H]3CC=C4CC(OCCCOc5cc(-c6oc7cc(OO[O-])cc(OCCCOc8cc(OS(=O)(=O)[O-])cc9oc(-c%10ccc(OO[O-])c(OS(=O)(=O)[O-])c%10)c(OS(=O)(=O)[O-])c(=O)c89)c7c(=O)c6OS(=O)(=O)[O-])ccc5OS(=O)(=O)[O-])CC[C@]4(C)[C@H]3CC[C@]12C. The molecule has 560 valence electrons. The predicted octanol–water partition coefficient (Wildman–Crippen LogP) is 6.64. The molecule has 6 aromatic rings. The molecule has 0 saturated heterocycles. The Hall–Kier alpha value is -7.61. The smallest absolute Gasteiger partial charge is 0.262 e. The molecule has 1 unspecified atom stereocenters. The minimum absolute atomic E-state index is 0.0620. The second-order valence-corrected chi connectivity index (χ2v) is 31.0. The topological polar surface area (TPSA) is 513 Å². The van der Waals surface area contributed by atoms with Gasteiger partial charge in [0.15, 0.2) is 34.5 Å². The molecule has 2 heterocycles. The van der Waals surface area contributed by atoms with Gasteiger partial charge in [0.2, 0.25) is 28.1 Å². The van der Waals surface area contributed by atoms with Gasteiger partial charge in [-0.3, -0.25) is 9.59 Å². The molecule has 0 aliphatic heterocycles. The lowest BCUT2D eigenvalue weighted by atomic mass is 9.47. The minimum atomic E-state index is -5.97. The number of fused-ring (bicyclic) bond motifs is 7. The van der Waals surface area contributed by atoms with E-state index in [4.69, 9.17) is 27.8 Å². The Morgan fingerprint density at radius 2 is 1.04 bits per heavy atom. The fraction of sp³-hybridized carbons (Fsp3) is 0.492. The molecule has 4 aromatic carbocycles. The molecule has 0 spiro atoms. The van der Waals surface area contributed by atoms with E-state index in [1.54, 1.807) is 0 Å². The number of allylic oxidation sites excluding steroid dienone is 1. The van der Waals surface area contributed by atoms with Crippen LogP contribution in [0.3, 0.4) is 0 Å². The molecule has 0 amide bonds. The lowest BCUT2D eigenvalue weighted by Crippen LogP contribution is -2.51. The summed E-state index contributed by atoms with van der Waals surface area (Å²) in [7, 11) is -28.7. The fourth-order valence-corrected chi connectivity index (χ4v) is 17.0. The van der Waals surface area contributed by atoms with Crippen molar-refractivity contribution < 1.29 is 144 Å². The molecule has 0 N–H and O–H groups in total. The van der Waals surface area contributed by atoms with Crippen LogP contribution in [0.1, 0.15) is 118 Å². The molecule has 0 radical (unpaired) electrons. The van der Waals surface area contributed by atoms with Crippen LogP contribution in [0, 0.1) is 46.3 Å². The Balaban J connectivity index is 0.864. The van der Waals surface area contributed by atoms with Gasteiger partial charge < -0.3 is 91.8 Å². The molecule has 102 heavy (non-hydrogen) atoms. The van der Waals surface area contributed by atoms with Crippen LogP contribution in [-0.4, -0.2) is 97.4 Å². The zero-order valence-corrected chi connectivity index (χ0v) is 58.9. The fourth-order valence-electron chi connectivity index (χ4n) is 15.3. The van der Waals surface area contributed by atoms with Crippen LogP contribution in [0.15, 0.2) is 90.7 Å². The molecular weight excluding hydrogens is 1460 g/mol. The zero-order valence-electron chi connectivity index (χ0n) is 54.8. The van der Waals surface area contributed by atoms with E-state index >= 15 is 0 Å². The summed E-state index contributed by atoms with van der Waals surface area (Å²) in [5, 5.41) is 27.2. The van der Waals surface area contributed by atoms with Crippen molar-refractivity contribution in [3.8, 4) is 80.1 Å². The Kier molecular flexibility index (Phi) is 23.1. The van der Waals surface area contributed by atoms with Crippen molar-refractivity contribution in [2.24, 2.45) is 46.3 Å². The number of ether oxygens (including phenoxy) is 4. The first-order valence-corrected chi connectivity index (χ1v) is 38.5. The van der Waals surface area contributed by atoms with Gasteiger partial charge in [-0.25, -0.2) is 52.2 Å². The molecule has 2 aromatic heterocycles. The molecule has 3 fully saturated rings. The first-order valence-electron chi connectivity index (χ1n) is 31.8. The summed E-state index contributed by atoms with van der Waals surface area (Å²) < 4.78 is 236. The van der Waals surface area contributed by atoms with Crippen LogP contribution in [0.2, 0.25) is 0 Å². The Morgan fingerprint density at radius 1 is 0.520 bits per heavy atom. The van der Waals surface area contributed by atoms with Crippen molar-refractivity contribution in [3.63, 3.8) is 0 Å². The van der Waals surface area contributed by atoms with E-state index in [0.29, 0.717) is 59.3 Å². The maximum Gasteiger partial charge on any atom is 0.262 e. The third kappa shape index (κ3) is 18.3. The van der Waals surface area contributed by atoms with Gasteiger partial charge in [-0.2, -0.15) is 0 Å². The average Bonchev–Trinajstić information content (AvgIpc) is 1.39. The summed E-state index contributed by atoms with van der Waals surface area (Å²) in [6, 6.07) is 7.53.